The molecule has 0 aliphatic rings. The summed E-state index contributed by atoms with van der Waals surface area (Å²) in [7, 11) is 2.41. The molecule has 2 aromatic carbocycles. The van der Waals surface area contributed by atoms with Gasteiger partial charge in [0.05, 0.1) is 31.5 Å². The minimum atomic E-state index is -5.32. The van der Waals surface area contributed by atoms with Crippen molar-refractivity contribution in [2.75, 3.05) is 27.4 Å². The van der Waals surface area contributed by atoms with Gasteiger partial charge < -0.3 is 24.6 Å². The molecule has 0 bridgehead atoms. The van der Waals surface area contributed by atoms with E-state index in [9.17, 15) is 36.2 Å². The van der Waals surface area contributed by atoms with E-state index >= 15 is 0 Å². The highest BCUT2D eigenvalue weighted by molar-refractivity contribution is 6.31. The van der Waals surface area contributed by atoms with Gasteiger partial charge in [-0.1, -0.05) is 11.6 Å². The highest BCUT2D eigenvalue weighted by Crippen LogP contribution is 2.40. The van der Waals surface area contributed by atoms with Gasteiger partial charge in [-0.2, -0.15) is 13.2 Å². The van der Waals surface area contributed by atoms with E-state index in [0.29, 0.717) is 6.92 Å². The summed E-state index contributed by atoms with van der Waals surface area (Å²) < 4.78 is 97.6. The molecule has 14 heteroatoms. The van der Waals surface area contributed by atoms with Gasteiger partial charge in [0, 0.05) is 18.1 Å². The summed E-state index contributed by atoms with van der Waals surface area (Å²) in [4.78, 5) is 16.6. The van der Waals surface area contributed by atoms with E-state index in [0.717, 1.165) is 42.5 Å². The van der Waals surface area contributed by atoms with Crippen LogP contribution in [0.1, 0.15) is 23.0 Å². The molecule has 3 aromatic rings. The van der Waals surface area contributed by atoms with Crippen LogP contribution in [-0.2, 0) is 5.60 Å². The molecule has 0 fully saturated rings. The zero-order valence-electron chi connectivity index (χ0n) is 21.2. The molecular formula is C26H23ClF6N2O5. The maximum absolute atomic E-state index is 14.2. The Kier molecular flexibility index (Phi) is 9.10. The van der Waals surface area contributed by atoms with Crippen molar-refractivity contribution >= 4 is 17.5 Å². The standard InChI is InChI=1S/C26H23ClF6N2O5/c1-24(29,30)13-40-18-7-5-15(11-20(18)39-3)23(36)34-12-25(37,26(31,32)33)21-9-8-19(38-2)22(35-21)14-4-6-17(28)16(27)10-14/h4-11,37H,12-13H2,1-3H3,(H,34,36). The summed E-state index contributed by atoms with van der Waals surface area (Å²) in [5, 5.41) is 12.5. The Morgan fingerprint density at radius 2 is 1.62 bits per heavy atom. The monoisotopic (exact) mass is 592 g/mol. The molecule has 216 valence electrons. The first-order chi connectivity index (χ1) is 18.6. The number of pyridine rings is 1. The average Bonchev–Trinajstić information content (AvgIpc) is 2.90. The maximum Gasteiger partial charge on any atom is 0.424 e. The number of amides is 1. The van der Waals surface area contributed by atoms with E-state index in [2.05, 4.69) is 4.98 Å². The number of carbonyl (C=O) groups excluding carboxylic acids is 1. The minimum absolute atomic E-state index is 0.00947. The second-order valence-corrected chi connectivity index (χ2v) is 9.05. The summed E-state index contributed by atoms with van der Waals surface area (Å²) in [5.41, 5.74) is -4.84. The first kappa shape index (κ1) is 30.8. The minimum Gasteiger partial charge on any atom is -0.494 e. The molecule has 0 aliphatic carbocycles. The van der Waals surface area contributed by atoms with Crippen molar-refractivity contribution in [2.45, 2.75) is 24.6 Å². The summed E-state index contributed by atoms with van der Waals surface area (Å²) in [6.45, 7) is -1.70. The average molecular weight is 593 g/mol. The highest BCUT2D eigenvalue weighted by atomic mass is 35.5. The van der Waals surface area contributed by atoms with Gasteiger partial charge in [0.1, 0.15) is 17.3 Å². The van der Waals surface area contributed by atoms with Gasteiger partial charge in [0.2, 0.25) is 5.60 Å². The van der Waals surface area contributed by atoms with Crippen LogP contribution in [0.15, 0.2) is 48.5 Å². The summed E-state index contributed by atoms with van der Waals surface area (Å²) >= 11 is 5.80. The van der Waals surface area contributed by atoms with E-state index in [1.54, 1.807) is 0 Å². The molecule has 0 saturated carbocycles. The van der Waals surface area contributed by atoms with Crippen molar-refractivity contribution in [2.24, 2.45) is 0 Å². The summed E-state index contributed by atoms with van der Waals surface area (Å²) in [5.74, 6) is -5.20. The normalized spacial score (nSPS) is 13.4. The van der Waals surface area contributed by atoms with Crippen LogP contribution in [0.5, 0.6) is 17.2 Å². The third kappa shape index (κ3) is 6.89. The number of ether oxygens (including phenoxy) is 3. The number of nitrogens with zero attached hydrogens (tertiary/aromatic N) is 1. The molecule has 1 aromatic heterocycles. The number of aromatic nitrogens is 1. The highest BCUT2D eigenvalue weighted by Gasteiger charge is 2.56. The number of nitrogens with one attached hydrogen (secondary N) is 1. The molecule has 1 heterocycles. The molecule has 40 heavy (non-hydrogen) atoms. The second kappa shape index (κ2) is 11.8. The molecule has 1 amide bonds. The summed E-state index contributed by atoms with van der Waals surface area (Å²) in [6, 6.07) is 8.65. The fourth-order valence-corrected chi connectivity index (χ4v) is 3.65. The van der Waals surface area contributed by atoms with Crippen molar-refractivity contribution in [3.05, 3.63) is 70.6 Å². The quantitative estimate of drug-likeness (QED) is 0.291. The topological polar surface area (TPSA) is 89.9 Å². The molecule has 2 N–H and O–H groups in total. The van der Waals surface area contributed by atoms with E-state index < -0.39 is 48.3 Å². The smallest absolute Gasteiger partial charge is 0.424 e. The third-order valence-corrected chi connectivity index (χ3v) is 5.87. The Hall–Kier alpha value is -3.71. The maximum atomic E-state index is 14.2. The van der Waals surface area contributed by atoms with Gasteiger partial charge in [-0.25, -0.2) is 18.2 Å². The van der Waals surface area contributed by atoms with Crippen LogP contribution >= 0.6 is 11.6 Å². The van der Waals surface area contributed by atoms with Crippen LogP contribution in [0, 0.1) is 5.82 Å². The molecular weight excluding hydrogens is 570 g/mol. The lowest BCUT2D eigenvalue weighted by Crippen LogP contribution is -2.51. The fourth-order valence-electron chi connectivity index (χ4n) is 3.47. The van der Waals surface area contributed by atoms with Crippen LogP contribution in [0.4, 0.5) is 26.3 Å². The lowest BCUT2D eigenvalue weighted by molar-refractivity contribution is -0.265. The molecule has 0 radical (unpaired) electrons. The molecule has 3 rings (SSSR count). The molecule has 1 atom stereocenters. The lowest BCUT2D eigenvalue weighted by atomic mass is 9.96. The van der Waals surface area contributed by atoms with Gasteiger partial charge in [-0.05, 0) is 48.5 Å². The number of methoxy groups -OCH3 is 2. The van der Waals surface area contributed by atoms with E-state index in [-0.39, 0.29) is 39.1 Å². The van der Waals surface area contributed by atoms with Crippen molar-refractivity contribution in [3.63, 3.8) is 0 Å². The number of carbonyl (C=O) groups is 1. The number of hydrogen-bond acceptors (Lipinski definition) is 6. The van der Waals surface area contributed by atoms with E-state index in [1.165, 1.54) is 20.3 Å². The zero-order chi connectivity index (χ0) is 29.9. The van der Waals surface area contributed by atoms with Crippen molar-refractivity contribution in [1.82, 2.24) is 10.3 Å². The molecule has 0 aliphatic heterocycles. The number of halogens is 7. The molecule has 0 spiro atoms. The third-order valence-electron chi connectivity index (χ3n) is 5.58. The van der Waals surface area contributed by atoms with Crippen LogP contribution in [0.3, 0.4) is 0 Å². The van der Waals surface area contributed by atoms with Gasteiger partial charge in [0.25, 0.3) is 11.8 Å². The molecule has 7 nitrogen and oxygen atoms in total. The number of hydrogen-bond donors (Lipinski definition) is 2. The summed E-state index contributed by atoms with van der Waals surface area (Å²) in [6.07, 6.45) is -5.32. The Labute approximate surface area is 229 Å². The van der Waals surface area contributed by atoms with E-state index in [1.807, 2.05) is 5.32 Å². The Balaban J connectivity index is 1.92. The number of aliphatic hydroxyl groups is 1. The van der Waals surface area contributed by atoms with Crippen molar-refractivity contribution in [1.29, 1.82) is 0 Å². The Morgan fingerprint density at radius 3 is 2.20 bits per heavy atom. The lowest BCUT2D eigenvalue weighted by Gasteiger charge is -2.30. The molecule has 1 unspecified atom stereocenters. The Bertz CT molecular complexity index is 1380. The van der Waals surface area contributed by atoms with Crippen molar-refractivity contribution < 1.29 is 50.5 Å². The van der Waals surface area contributed by atoms with Crippen LogP contribution in [0.2, 0.25) is 5.02 Å². The number of benzene rings is 2. The SMILES string of the molecule is COc1cc(C(=O)NCC(O)(c2ccc(OC)c(-c3ccc(F)c(Cl)c3)n2)C(F)(F)F)ccc1OCC(C)(F)F. The Morgan fingerprint density at radius 1 is 0.975 bits per heavy atom. The number of alkyl halides is 5. The predicted molar refractivity (Wildman–Crippen MR) is 133 cm³/mol. The van der Waals surface area contributed by atoms with Gasteiger partial charge >= 0.3 is 6.18 Å². The van der Waals surface area contributed by atoms with Crippen LogP contribution < -0.4 is 19.5 Å². The van der Waals surface area contributed by atoms with Crippen LogP contribution in [-0.4, -0.2) is 55.5 Å². The fraction of sp³-hybridized carbons (Fsp3) is 0.308. The first-order valence-corrected chi connectivity index (χ1v) is 11.7. The largest absolute Gasteiger partial charge is 0.494 e. The number of rotatable bonds is 10. The van der Waals surface area contributed by atoms with Gasteiger partial charge in [0.15, 0.2) is 18.1 Å². The predicted octanol–water partition coefficient (Wildman–Crippen LogP) is 5.77. The molecule has 0 saturated heterocycles. The first-order valence-electron chi connectivity index (χ1n) is 11.4. The van der Waals surface area contributed by atoms with Crippen LogP contribution in [0.25, 0.3) is 11.3 Å². The second-order valence-electron chi connectivity index (χ2n) is 8.64. The van der Waals surface area contributed by atoms with E-state index in [4.69, 9.17) is 25.8 Å². The van der Waals surface area contributed by atoms with Gasteiger partial charge in [-0.3, -0.25) is 4.79 Å². The zero-order valence-corrected chi connectivity index (χ0v) is 22.0. The van der Waals surface area contributed by atoms with Crippen molar-refractivity contribution in [3.8, 4) is 28.5 Å². The van der Waals surface area contributed by atoms with Gasteiger partial charge in [-0.15, -0.1) is 0 Å².